The highest BCUT2D eigenvalue weighted by molar-refractivity contribution is 7.80. The summed E-state index contributed by atoms with van der Waals surface area (Å²) in [6.07, 6.45) is 0. The summed E-state index contributed by atoms with van der Waals surface area (Å²) in [5, 5.41) is 11.1. The number of thiophene rings is 1. The van der Waals surface area contributed by atoms with Crippen LogP contribution in [-0.4, -0.2) is 18.1 Å². The van der Waals surface area contributed by atoms with E-state index < -0.39 is 0 Å². The predicted octanol–water partition coefficient (Wildman–Crippen LogP) is 2.92. The average Bonchev–Trinajstić information content (AvgIpc) is 2.93. The molecule has 0 radical (unpaired) electrons. The van der Waals surface area contributed by atoms with E-state index in [0.717, 1.165) is 11.4 Å². The van der Waals surface area contributed by atoms with Crippen LogP contribution in [0.5, 0.6) is 0 Å². The number of benzene rings is 1. The minimum atomic E-state index is -0.108. The number of nitrogens with one attached hydrogen (secondary N) is 3. The lowest BCUT2D eigenvalue weighted by atomic mass is 10.2. The second kappa shape index (κ2) is 6.31. The van der Waals surface area contributed by atoms with Crippen molar-refractivity contribution in [2.45, 2.75) is 0 Å². The number of carbonyl (C=O) groups excluding carboxylic acids is 1. The maximum Gasteiger partial charge on any atom is 0.265 e. The Bertz CT molecular complexity index is 581. The van der Waals surface area contributed by atoms with Crippen LogP contribution in [0.4, 0.5) is 11.4 Å². The largest absolute Gasteiger partial charge is 0.366 e. The molecule has 1 aromatic carbocycles. The molecular weight excluding hydrogens is 278 g/mol. The van der Waals surface area contributed by atoms with Gasteiger partial charge in [-0.1, -0.05) is 12.1 Å². The predicted molar refractivity (Wildman–Crippen MR) is 84.0 cm³/mol. The highest BCUT2D eigenvalue weighted by Crippen LogP contribution is 2.17. The zero-order valence-electron chi connectivity index (χ0n) is 10.3. The van der Waals surface area contributed by atoms with E-state index in [0.29, 0.717) is 9.99 Å². The number of thiocarbonyl (C=S) groups is 1. The van der Waals surface area contributed by atoms with Crippen LogP contribution in [0.2, 0.25) is 0 Å². The number of amides is 1. The minimum absolute atomic E-state index is 0.108. The lowest BCUT2D eigenvalue weighted by Crippen LogP contribution is -2.24. The highest BCUT2D eigenvalue weighted by Gasteiger charge is 2.07. The molecule has 0 fully saturated rings. The quantitative estimate of drug-likeness (QED) is 0.761. The van der Waals surface area contributed by atoms with E-state index in [2.05, 4.69) is 16.0 Å². The molecule has 98 valence electrons. The summed E-state index contributed by atoms with van der Waals surface area (Å²) < 4.78 is 0. The van der Waals surface area contributed by atoms with Crippen LogP contribution < -0.4 is 16.0 Å². The molecule has 4 nitrogen and oxygen atoms in total. The van der Waals surface area contributed by atoms with Crippen molar-refractivity contribution in [3.63, 3.8) is 0 Å². The van der Waals surface area contributed by atoms with Gasteiger partial charge in [0.25, 0.3) is 5.91 Å². The van der Waals surface area contributed by atoms with Crippen LogP contribution in [0.3, 0.4) is 0 Å². The van der Waals surface area contributed by atoms with Gasteiger partial charge in [-0.15, -0.1) is 11.3 Å². The molecule has 1 heterocycles. The number of hydrogen-bond acceptors (Lipinski definition) is 3. The van der Waals surface area contributed by atoms with Crippen molar-refractivity contribution in [3.05, 3.63) is 46.7 Å². The Morgan fingerprint density at radius 3 is 2.53 bits per heavy atom. The van der Waals surface area contributed by atoms with Crippen molar-refractivity contribution in [1.82, 2.24) is 5.32 Å². The Balaban J connectivity index is 2.07. The van der Waals surface area contributed by atoms with Gasteiger partial charge in [0, 0.05) is 18.4 Å². The Labute approximate surface area is 120 Å². The fourth-order valence-corrected chi connectivity index (χ4v) is 2.21. The van der Waals surface area contributed by atoms with E-state index >= 15 is 0 Å². The molecule has 0 saturated heterocycles. The van der Waals surface area contributed by atoms with Gasteiger partial charge in [-0.05, 0) is 41.9 Å². The van der Waals surface area contributed by atoms with Gasteiger partial charge < -0.3 is 16.0 Å². The molecule has 1 aromatic heterocycles. The SMILES string of the molecule is CNC(=S)Nc1cccc(NC(=O)c2cccs2)c1. The van der Waals surface area contributed by atoms with Gasteiger partial charge in [0.1, 0.15) is 0 Å². The zero-order valence-corrected chi connectivity index (χ0v) is 11.9. The Hall–Kier alpha value is -1.92. The topological polar surface area (TPSA) is 53.2 Å². The van der Waals surface area contributed by atoms with Crippen LogP contribution >= 0.6 is 23.6 Å². The Morgan fingerprint density at radius 2 is 1.89 bits per heavy atom. The lowest BCUT2D eigenvalue weighted by molar-refractivity contribution is 0.103. The summed E-state index contributed by atoms with van der Waals surface area (Å²) >= 11 is 6.44. The maximum absolute atomic E-state index is 11.9. The second-order valence-corrected chi connectivity index (χ2v) is 5.07. The summed E-state index contributed by atoms with van der Waals surface area (Å²) in [4.78, 5) is 12.6. The number of hydrogen-bond donors (Lipinski definition) is 3. The first-order chi connectivity index (χ1) is 9.19. The molecule has 1 amide bonds. The molecule has 19 heavy (non-hydrogen) atoms. The Morgan fingerprint density at radius 1 is 1.16 bits per heavy atom. The molecule has 3 N–H and O–H groups in total. The number of rotatable bonds is 3. The normalized spacial score (nSPS) is 9.74. The van der Waals surface area contributed by atoms with E-state index in [1.54, 1.807) is 13.1 Å². The monoisotopic (exact) mass is 291 g/mol. The lowest BCUT2D eigenvalue weighted by Gasteiger charge is -2.09. The van der Waals surface area contributed by atoms with Crippen LogP contribution in [0.1, 0.15) is 9.67 Å². The van der Waals surface area contributed by atoms with E-state index in [9.17, 15) is 4.79 Å². The van der Waals surface area contributed by atoms with Crippen molar-refractivity contribution in [2.75, 3.05) is 17.7 Å². The standard InChI is InChI=1S/C13H13N3OS2/c1-14-13(18)16-10-5-2-4-9(8-10)15-12(17)11-6-3-7-19-11/h2-8H,1H3,(H,15,17)(H2,14,16,18). The molecule has 0 aliphatic carbocycles. The molecule has 0 aliphatic rings. The third-order valence-corrected chi connectivity index (χ3v) is 3.53. The fraction of sp³-hybridized carbons (Fsp3) is 0.0769. The summed E-state index contributed by atoms with van der Waals surface area (Å²) in [6, 6.07) is 11.0. The van der Waals surface area contributed by atoms with E-state index in [4.69, 9.17) is 12.2 Å². The second-order valence-electron chi connectivity index (χ2n) is 3.72. The van der Waals surface area contributed by atoms with E-state index in [1.165, 1.54) is 11.3 Å². The van der Waals surface area contributed by atoms with Crippen molar-refractivity contribution < 1.29 is 4.79 Å². The molecule has 0 unspecified atom stereocenters. The van der Waals surface area contributed by atoms with Gasteiger partial charge in [-0.3, -0.25) is 4.79 Å². The van der Waals surface area contributed by atoms with Crippen molar-refractivity contribution in [2.24, 2.45) is 0 Å². The highest BCUT2D eigenvalue weighted by atomic mass is 32.1. The maximum atomic E-state index is 11.9. The molecule has 0 saturated carbocycles. The first-order valence-corrected chi connectivity index (χ1v) is 6.91. The molecule has 2 aromatic rings. The molecule has 0 aliphatic heterocycles. The molecule has 2 rings (SSSR count). The number of anilines is 2. The molecular formula is C13H13N3OS2. The molecule has 0 bridgehead atoms. The van der Waals surface area contributed by atoms with Crippen LogP contribution in [0.25, 0.3) is 0 Å². The van der Waals surface area contributed by atoms with E-state index in [-0.39, 0.29) is 5.91 Å². The third-order valence-electron chi connectivity index (χ3n) is 2.35. The fourth-order valence-electron chi connectivity index (χ4n) is 1.47. The van der Waals surface area contributed by atoms with Gasteiger partial charge >= 0.3 is 0 Å². The van der Waals surface area contributed by atoms with Gasteiger partial charge in [0.05, 0.1) is 4.88 Å². The van der Waals surface area contributed by atoms with Gasteiger partial charge in [-0.25, -0.2) is 0 Å². The molecule has 6 heteroatoms. The van der Waals surface area contributed by atoms with Gasteiger partial charge in [-0.2, -0.15) is 0 Å². The van der Waals surface area contributed by atoms with Crippen LogP contribution in [0.15, 0.2) is 41.8 Å². The summed E-state index contributed by atoms with van der Waals surface area (Å²) in [5.41, 5.74) is 1.55. The van der Waals surface area contributed by atoms with Crippen molar-refractivity contribution >= 4 is 45.9 Å². The van der Waals surface area contributed by atoms with Crippen LogP contribution in [0, 0.1) is 0 Å². The smallest absolute Gasteiger partial charge is 0.265 e. The van der Waals surface area contributed by atoms with Gasteiger partial charge in [0.2, 0.25) is 0 Å². The average molecular weight is 291 g/mol. The zero-order chi connectivity index (χ0) is 13.7. The molecule has 0 atom stereocenters. The van der Waals surface area contributed by atoms with E-state index in [1.807, 2.05) is 35.7 Å². The summed E-state index contributed by atoms with van der Waals surface area (Å²) in [5.74, 6) is -0.108. The number of carbonyl (C=O) groups is 1. The third kappa shape index (κ3) is 3.77. The molecule has 0 spiro atoms. The first kappa shape index (κ1) is 13.5. The van der Waals surface area contributed by atoms with Crippen molar-refractivity contribution in [3.8, 4) is 0 Å². The Kier molecular flexibility index (Phi) is 4.48. The van der Waals surface area contributed by atoms with Crippen molar-refractivity contribution in [1.29, 1.82) is 0 Å². The minimum Gasteiger partial charge on any atom is -0.366 e. The summed E-state index contributed by atoms with van der Waals surface area (Å²) in [6.45, 7) is 0. The van der Waals surface area contributed by atoms with Crippen LogP contribution in [-0.2, 0) is 0 Å². The first-order valence-electron chi connectivity index (χ1n) is 5.62. The van der Waals surface area contributed by atoms with Gasteiger partial charge in [0.15, 0.2) is 5.11 Å². The summed E-state index contributed by atoms with van der Waals surface area (Å²) in [7, 11) is 1.75.